The number of nitrogens with two attached hydrogens (primary N) is 1. The Balaban J connectivity index is 3.22. The number of rotatable bonds is 8. The summed E-state index contributed by atoms with van der Waals surface area (Å²) in [5, 5.41) is 11.9. The summed E-state index contributed by atoms with van der Waals surface area (Å²) in [5.41, 5.74) is 8.77. The van der Waals surface area contributed by atoms with Crippen molar-refractivity contribution >= 4 is 23.0 Å². The average Bonchev–Trinajstić information content (AvgIpc) is 2.45. The van der Waals surface area contributed by atoms with Gasteiger partial charge in [0.1, 0.15) is 4.99 Å². The third kappa shape index (κ3) is 3.86. The number of ether oxygens (including phenoxy) is 1. The zero-order valence-electron chi connectivity index (χ0n) is 12.7. The van der Waals surface area contributed by atoms with Crippen LogP contribution in [-0.2, 0) is 17.6 Å². The molecule has 0 aliphatic rings. The van der Waals surface area contributed by atoms with Crippen molar-refractivity contribution in [2.45, 2.75) is 46.1 Å². The standard InChI is InChI=1S/C14H24N4OS/c1-5-9(8-19-4)16-14-12(13(15)20)10(6-2)11(7-3)17-18-14/h9H,5-8H2,1-4H3,(H2,15,20)(H,16,18). The molecular formula is C14H24N4OS. The van der Waals surface area contributed by atoms with Gasteiger partial charge in [0.15, 0.2) is 5.82 Å². The van der Waals surface area contributed by atoms with Gasteiger partial charge in [-0.3, -0.25) is 0 Å². The second-order valence-corrected chi connectivity index (χ2v) is 5.06. The average molecular weight is 296 g/mol. The van der Waals surface area contributed by atoms with Crippen LogP contribution < -0.4 is 11.1 Å². The molecule has 6 heteroatoms. The van der Waals surface area contributed by atoms with Crippen molar-refractivity contribution in [2.75, 3.05) is 19.0 Å². The van der Waals surface area contributed by atoms with Gasteiger partial charge in [-0.2, -0.15) is 5.10 Å². The van der Waals surface area contributed by atoms with Crippen LogP contribution in [0.4, 0.5) is 5.82 Å². The molecule has 0 spiro atoms. The second-order valence-electron chi connectivity index (χ2n) is 4.63. The molecule has 0 amide bonds. The Hall–Kier alpha value is -1.27. The number of thiocarbonyl (C=S) groups is 1. The van der Waals surface area contributed by atoms with Gasteiger partial charge in [-0.1, -0.05) is 33.0 Å². The summed E-state index contributed by atoms with van der Waals surface area (Å²) in [7, 11) is 1.68. The van der Waals surface area contributed by atoms with E-state index < -0.39 is 0 Å². The molecule has 0 fully saturated rings. The molecule has 0 aliphatic carbocycles. The Morgan fingerprint density at radius 2 is 2.00 bits per heavy atom. The monoisotopic (exact) mass is 296 g/mol. The molecule has 3 N–H and O–H groups in total. The van der Waals surface area contributed by atoms with Crippen molar-refractivity contribution in [1.29, 1.82) is 0 Å². The molecule has 5 nitrogen and oxygen atoms in total. The van der Waals surface area contributed by atoms with Gasteiger partial charge in [0.05, 0.1) is 23.9 Å². The molecule has 0 aliphatic heterocycles. The fourth-order valence-corrected chi connectivity index (χ4v) is 2.42. The molecule has 1 unspecified atom stereocenters. The van der Waals surface area contributed by atoms with E-state index in [0.717, 1.165) is 36.1 Å². The summed E-state index contributed by atoms with van der Waals surface area (Å²) >= 11 is 5.20. The SMILES string of the molecule is CCc1nnc(NC(CC)COC)c(C(N)=S)c1CC. The summed E-state index contributed by atoms with van der Waals surface area (Å²) in [6.45, 7) is 6.82. The predicted octanol–water partition coefficient (Wildman–Crippen LogP) is 2.07. The summed E-state index contributed by atoms with van der Waals surface area (Å²) in [4.78, 5) is 0.362. The highest BCUT2D eigenvalue weighted by Crippen LogP contribution is 2.22. The summed E-state index contributed by atoms with van der Waals surface area (Å²) in [5.74, 6) is 0.662. The Morgan fingerprint density at radius 1 is 1.30 bits per heavy atom. The first kappa shape index (κ1) is 16.8. The lowest BCUT2D eigenvalue weighted by Crippen LogP contribution is -2.28. The van der Waals surface area contributed by atoms with Gasteiger partial charge in [0, 0.05) is 7.11 Å². The quantitative estimate of drug-likeness (QED) is 0.716. The van der Waals surface area contributed by atoms with E-state index in [1.807, 2.05) is 0 Å². The van der Waals surface area contributed by atoms with E-state index in [0.29, 0.717) is 17.4 Å². The zero-order valence-corrected chi connectivity index (χ0v) is 13.5. The lowest BCUT2D eigenvalue weighted by molar-refractivity contribution is 0.184. The molecule has 1 atom stereocenters. The maximum atomic E-state index is 5.90. The van der Waals surface area contributed by atoms with Crippen LogP contribution in [-0.4, -0.2) is 34.9 Å². The molecule has 0 radical (unpaired) electrons. The fourth-order valence-electron chi connectivity index (χ4n) is 2.20. The van der Waals surface area contributed by atoms with Crippen LogP contribution in [0.15, 0.2) is 0 Å². The highest BCUT2D eigenvalue weighted by atomic mass is 32.1. The fraction of sp³-hybridized carbons (Fsp3) is 0.643. The largest absolute Gasteiger partial charge is 0.389 e. The van der Waals surface area contributed by atoms with Crippen LogP contribution in [0.3, 0.4) is 0 Å². The van der Waals surface area contributed by atoms with Gasteiger partial charge in [-0.05, 0) is 24.8 Å². The topological polar surface area (TPSA) is 73.1 Å². The smallest absolute Gasteiger partial charge is 0.159 e. The summed E-state index contributed by atoms with van der Waals surface area (Å²) < 4.78 is 5.19. The first-order valence-corrected chi connectivity index (χ1v) is 7.43. The van der Waals surface area contributed by atoms with Crippen molar-refractivity contribution < 1.29 is 4.74 Å². The zero-order chi connectivity index (χ0) is 15.1. The maximum absolute atomic E-state index is 5.90. The third-order valence-corrected chi connectivity index (χ3v) is 3.50. The summed E-state index contributed by atoms with van der Waals surface area (Å²) in [6.07, 6.45) is 2.58. The van der Waals surface area contributed by atoms with Crippen LogP contribution in [0.1, 0.15) is 44.0 Å². The van der Waals surface area contributed by atoms with Crippen LogP contribution in [0.2, 0.25) is 0 Å². The minimum Gasteiger partial charge on any atom is -0.389 e. The molecule has 0 bridgehead atoms. The molecule has 112 valence electrons. The minimum atomic E-state index is 0.166. The lowest BCUT2D eigenvalue weighted by atomic mass is 10.0. The van der Waals surface area contributed by atoms with Crippen molar-refractivity contribution in [3.63, 3.8) is 0 Å². The summed E-state index contributed by atoms with van der Waals surface area (Å²) in [6, 6.07) is 0.166. The van der Waals surface area contributed by atoms with Gasteiger partial charge in [-0.15, -0.1) is 5.10 Å². The maximum Gasteiger partial charge on any atom is 0.159 e. The molecule has 0 aromatic carbocycles. The van der Waals surface area contributed by atoms with Crippen LogP contribution in [0.25, 0.3) is 0 Å². The highest BCUT2D eigenvalue weighted by molar-refractivity contribution is 7.80. The van der Waals surface area contributed by atoms with E-state index in [1.54, 1.807) is 7.11 Å². The third-order valence-electron chi connectivity index (χ3n) is 3.29. The Labute approximate surface area is 126 Å². The molecule has 1 heterocycles. The van der Waals surface area contributed by atoms with Gasteiger partial charge in [-0.25, -0.2) is 0 Å². The van der Waals surface area contributed by atoms with Crippen molar-refractivity contribution in [3.8, 4) is 0 Å². The first-order chi connectivity index (χ1) is 9.58. The van der Waals surface area contributed by atoms with Crippen molar-refractivity contribution in [3.05, 3.63) is 16.8 Å². The molecule has 1 aromatic heterocycles. The lowest BCUT2D eigenvalue weighted by Gasteiger charge is -2.20. The molecular weight excluding hydrogens is 272 g/mol. The first-order valence-electron chi connectivity index (χ1n) is 7.02. The number of anilines is 1. The number of hydrogen-bond donors (Lipinski definition) is 2. The number of nitrogens with one attached hydrogen (secondary N) is 1. The number of nitrogens with zero attached hydrogens (tertiary/aromatic N) is 2. The van der Waals surface area contributed by atoms with Crippen molar-refractivity contribution in [2.24, 2.45) is 5.73 Å². The Kier molecular flexibility index (Phi) is 6.81. The van der Waals surface area contributed by atoms with Crippen LogP contribution >= 0.6 is 12.2 Å². The van der Waals surface area contributed by atoms with E-state index in [9.17, 15) is 0 Å². The molecule has 1 rings (SSSR count). The highest BCUT2D eigenvalue weighted by Gasteiger charge is 2.18. The minimum absolute atomic E-state index is 0.166. The van der Waals surface area contributed by atoms with E-state index in [4.69, 9.17) is 22.7 Å². The molecule has 0 saturated carbocycles. The second kappa shape index (κ2) is 8.11. The van der Waals surface area contributed by atoms with Crippen LogP contribution in [0.5, 0.6) is 0 Å². The Morgan fingerprint density at radius 3 is 2.45 bits per heavy atom. The van der Waals surface area contributed by atoms with Gasteiger partial charge < -0.3 is 15.8 Å². The van der Waals surface area contributed by atoms with E-state index >= 15 is 0 Å². The molecule has 20 heavy (non-hydrogen) atoms. The van der Waals surface area contributed by atoms with Gasteiger partial charge >= 0.3 is 0 Å². The van der Waals surface area contributed by atoms with E-state index in [2.05, 4.69) is 36.3 Å². The number of methoxy groups -OCH3 is 1. The van der Waals surface area contributed by atoms with Crippen LogP contribution in [0, 0.1) is 0 Å². The van der Waals surface area contributed by atoms with E-state index in [1.165, 1.54) is 0 Å². The van der Waals surface area contributed by atoms with Gasteiger partial charge in [0.25, 0.3) is 0 Å². The normalized spacial score (nSPS) is 12.2. The number of hydrogen-bond acceptors (Lipinski definition) is 5. The molecule has 1 aromatic rings. The molecule has 0 saturated heterocycles. The van der Waals surface area contributed by atoms with Gasteiger partial charge in [0.2, 0.25) is 0 Å². The number of aromatic nitrogens is 2. The van der Waals surface area contributed by atoms with Crippen molar-refractivity contribution in [1.82, 2.24) is 10.2 Å². The Bertz CT molecular complexity index is 465. The predicted molar refractivity (Wildman–Crippen MR) is 86.3 cm³/mol. The number of aryl methyl sites for hydroxylation is 1. The van der Waals surface area contributed by atoms with E-state index in [-0.39, 0.29) is 6.04 Å².